The van der Waals surface area contributed by atoms with Gasteiger partial charge in [0.15, 0.2) is 0 Å². The Morgan fingerprint density at radius 1 is 1.38 bits per heavy atom. The summed E-state index contributed by atoms with van der Waals surface area (Å²) < 4.78 is 8.89. The number of imidazole rings is 1. The predicted molar refractivity (Wildman–Crippen MR) is 81.8 cm³/mol. The van der Waals surface area contributed by atoms with E-state index in [0.29, 0.717) is 12.6 Å². The highest BCUT2D eigenvalue weighted by atomic mass is 16.5. The van der Waals surface area contributed by atoms with Gasteiger partial charge in [-0.05, 0) is 37.6 Å². The Bertz CT molecular complexity index is 670. The van der Waals surface area contributed by atoms with E-state index in [1.54, 1.807) is 11.7 Å². The number of nitrogens with zero attached hydrogens (tertiary/aromatic N) is 2. The molecule has 1 fully saturated rings. The minimum absolute atomic E-state index is 0.0767. The summed E-state index contributed by atoms with van der Waals surface area (Å²) in [4.78, 5) is 12.3. The van der Waals surface area contributed by atoms with E-state index in [4.69, 9.17) is 4.74 Å². The average molecular weight is 287 g/mol. The molecule has 0 spiro atoms. The number of nitrogens with one attached hydrogen (secondary N) is 1. The summed E-state index contributed by atoms with van der Waals surface area (Å²) in [6.07, 6.45) is 6.02. The van der Waals surface area contributed by atoms with Crippen molar-refractivity contribution in [1.82, 2.24) is 14.5 Å². The van der Waals surface area contributed by atoms with E-state index >= 15 is 0 Å². The molecule has 1 saturated carbocycles. The highest BCUT2D eigenvalue weighted by molar-refractivity contribution is 5.30. The Morgan fingerprint density at radius 2 is 2.19 bits per heavy atom. The maximum absolute atomic E-state index is 12.3. The number of likely N-dealkylation sites (N-methyl/N-ethyl adjacent to an activating group) is 1. The van der Waals surface area contributed by atoms with E-state index in [9.17, 15) is 4.79 Å². The molecule has 1 atom stereocenters. The maximum Gasteiger partial charge on any atom is 0.328 e. The van der Waals surface area contributed by atoms with Crippen LogP contribution in [-0.2, 0) is 6.54 Å². The molecular formula is C16H21N3O2. The fraction of sp³-hybridized carbons (Fsp3) is 0.438. The van der Waals surface area contributed by atoms with Gasteiger partial charge in [-0.1, -0.05) is 12.1 Å². The molecule has 0 radical (unpaired) electrons. The van der Waals surface area contributed by atoms with E-state index in [2.05, 4.69) is 5.32 Å². The standard InChI is InChI=1S/C16H21N3O2/c1-17-15(12-4-3-5-14(10-12)21-2)11-18-8-9-19(16(18)20)13-6-7-13/h3-5,8-10,13,15,17H,6-7,11H2,1-2H3. The van der Waals surface area contributed by atoms with Gasteiger partial charge in [-0.15, -0.1) is 0 Å². The van der Waals surface area contributed by atoms with Crippen molar-refractivity contribution >= 4 is 0 Å². The number of hydrogen-bond acceptors (Lipinski definition) is 3. The molecule has 0 aliphatic heterocycles. The maximum atomic E-state index is 12.3. The van der Waals surface area contributed by atoms with E-state index in [0.717, 1.165) is 24.2 Å². The van der Waals surface area contributed by atoms with Crippen LogP contribution in [0, 0.1) is 0 Å². The lowest BCUT2D eigenvalue weighted by molar-refractivity contribution is 0.412. The van der Waals surface area contributed by atoms with Gasteiger partial charge in [0.1, 0.15) is 5.75 Å². The zero-order valence-corrected chi connectivity index (χ0v) is 12.5. The zero-order chi connectivity index (χ0) is 14.8. The lowest BCUT2D eigenvalue weighted by atomic mass is 10.1. The summed E-state index contributed by atoms with van der Waals surface area (Å²) in [5.41, 5.74) is 1.20. The van der Waals surface area contributed by atoms with Crippen LogP contribution in [0.1, 0.15) is 30.5 Å². The molecule has 5 nitrogen and oxygen atoms in total. The third-order valence-corrected chi connectivity index (χ3v) is 4.04. The van der Waals surface area contributed by atoms with Gasteiger partial charge < -0.3 is 10.1 Å². The highest BCUT2D eigenvalue weighted by Crippen LogP contribution is 2.33. The second-order valence-corrected chi connectivity index (χ2v) is 5.49. The molecule has 3 rings (SSSR count). The summed E-state index contributed by atoms with van der Waals surface area (Å²) in [6, 6.07) is 8.44. The van der Waals surface area contributed by atoms with Crippen LogP contribution in [0.15, 0.2) is 41.5 Å². The Hall–Kier alpha value is -2.01. The largest absolute Gasteiger partial charge is 0.497 e. The first-order chi connectivity index (χ1) is 10.2. The molecule has 1 aliphatic rings. The van der Waals surface area contributed by atoms with Crippen LogP contribution in [0.25, 0.3) is 0 Å². The molecule has 0 bridgehead atoms. The van der Waals surface area contributed by atoms with Crippen LogP contribution >= 0.6 is 0 Å². The van der Waals surface area contributed by atoms with E-state index < -0.39 is 0 Å². The second kappa shape index (κ2) is 5.77. The van der Waals surface area contributed by atoms with Crippen molar-refractivity contribution in [2.75, 3.05) is 14.2 Å². The minimum atomic E-state index is 0.0767. The van der Waals surface area contributed by atoms with E-state index in [1.165, 1.54) is 0 Å². The first-order valence-corrected chi connectivity index (χ1v) is 7.31. The molecule has 1 aromatic heterocycles. The molecule has 2 aromatic rings. The molecule has 1 heterocycles. The van der Waals surface area contributed by atoms with Crippen LogP contribution in [0.5, 0.6) is 5.75 Å². The lowest BCUT2D eigenvalue weighted by Crippen LogP contribution is -2.29. The first-order valence-electron chi connectivity index (χ1n) is 7.31. The number of ether oxygens (including phenoxy) is 1. The van der Waals surface area contributed by atoms with Crippen LogP contribution in [0.4, 0.5) is 0 Å². The van der Waals surface area contributed by atoms with Crippen molar-refractivity contribution in [1.29, 1.82) is 0 Å². The highest BCUT2D eigenvalue weighted by Gasteiger charge is 2.26. The molecule has 112 valence electrons. The van der Waals surface area contributed by atoms with Gasteiger partial charge in [0.2, 0.25) is 0 Å². The quantitative estimate of drug-likeness (QED) is 0.883. The molecule has 1 aromatic carbocycles. The Balaban J connectivity index is 1.82. The van der Waals surface area contributed by atoms with Gasteiger partial charge in [0.05, 0.1) is 13.2 Å². The van der Waals surface area contributed by atoms with Crippen molar-refractivity contribution in [2.45, 2.75) is 31.5 Å². The normalized spacial score (nSPS) is 15.9. The summed E-state index contributed by atoms with van der Waals surface area (Å²) in [6.45, 7) is 0.613. The fourth-order valence-electron chi connectivity index (χ4n) is 2.62. The van der Waals surface area contributed by atoms with Crippen molar-refractivity contribution in [3.8, 4) is 5.75 Å². The zero-order valence-electron chi connectivity index (χ0n) is 12.5. The number of aromatic nitrogens is 2. The number of methoxy groups -OCH3 is 1. The predicted octanol–water partition coefficient (Wildman–Crippen LogP) is 1.95. The van der Waals surface area contributed by atoms with Crippen LogP contribution < -0.4 is 15.7 Å². The van der Waals surface area contributed by atoms with Crippen molar-refractivity contribution in [3.05, 3.63) is 52.7 Å². The summed E-state index contributed by atoms with van der Waals surface area (Å²) >= 11 is 0. The Kier molecular flexibility index (Phi) is 3.84. The molecule has 1 N–H and O–H groups in total. The third-order valence-electron chi connectivity index (χ3n) is 4.04. The molecule has 21 heavy (non-hydrogen) atoms. The molecule has 5 heteroatoms. The Labute approximate surface area is 124 Å². The Morgan fingerprint density at radius 3 is 2.86 bits per heavy atom. The topological polar surface area (TPSA) is 48.2 Å². The summed E-state index contributed by atoms with van der Waals surface area (Å²) in [5, 5.41) is 3.27. The van der Waals surface area contributed by atoms with Gasteiger partial charge in [-0.2, -0.15) is 0 Å². The van der Waals surface area contributed by atoms with Crippen molar-refractivity contribution < 1.29 is 4.74 Å². The SMILES string of the molecule is CNC(Cn1ccn(C2CC2)c1=O)c1cccc(OC)c1. The lowest BCUT2D eigenvalue weighted by Gasteiger charge is -2.17. The van der Waals surface area contributed by atoms with Gasteiger partial charge in [0, 0.05) is 25.0 Å². The number of hydrogen-bond donors (Lipinski definition) is 1. The third kappa shape index (κ3) is 2.88. The molecule has 0 amide bonds. The van der Waals surface area contributed by atoms with Crippen molar-refractivity contribution in [3.63, 3.8) is 0 Å². The molecule has 1 aliphatic carbocycles. The smallest absolute Gasteiger partial charge is 0.328 e. The summed E-state index contributed by atoms with van der Waals surface area (Å²) in [7, 11) is 3.57. The van der Waals surface area contributed by atoms with Crippen LogP contribution in [-0.4, -0.2) is 23.3 Å². The average Bonchev–Trinajstić information content (AvgIpc) is 3.29. The number of benzene rings is 1. The monoisotopic (exact) mass is 287 g/mol. The van der Waals surface area contributed by atoms with Gasteiger partial charge in [0.25, 0.3) is 0 Å². The van der Waals surface area contributed by atoms with Gasteiger partial charge >= 0.3 is 5.69 Å². The van der Waals surface area contributed by atoms with Gasteiger partial charge in [-0.25, -0.2) is 4.79 Å². The van der Waals surface area contributed by atoms with E-state index in [1.807, 2.05) is 48.3 Å². The molecule has 0 saturated heterocycles. The minimum Gasteiger partial charge on any atom is -0.497 e. The molecule has 1 unspecified atom stereocenters. The van der Waals surface area contributed by atoms with E-state index in [-0.39, 0.29) is 11.7 Å². The second-order valence-electron chi connectivity index (χ2n) is 5.49. The number of rotatable bonds is 6. The van der Waals surface area contributed by atoms with Crippen LogP contribution in [0.3, 0.4) is 0 Å². The van der Waals surface area contributed by atoms with Gasteiger partial charge in [-0.3, -0.25) is 9.13 Å². The summed E-state index contributed by atoms with van der Waals surface area (Å²) in [5.74, 6) is 0.829. The van der Waals surface area contributed by atoms with Crippen molar-refractivity contribution in [2.24, 2.45) is 0 Å². The molecular weight excluding hydrogens is 266 g/mol. The fourth-order valence-corrected chi connectivity index (χ4v) is 2.62. The first kappa shape index (κ1) is 13.9. The van der Waals surface area contributed by atoms with Crippen LogP contribution in [0.2, 0.25) is 0 Å².